The average Bonchev–Trinajstić information content (AvgIpc) is 2.81. The van der Waals surface area contributed by atoms with E-state index in [-0.39, 0.29) is 17.0 Å². The standard InChI is InChI=1S/C11H8N4O3/c1-14-6-4-2-3-5-7(6)15-9(10(14)16)12-8(13-15)11(17)18/h2-5H,1H3,(H,17,18). The molecular weight excluding hydrogens is 236 g/mol. The van der Waals surface area contributed by atoms with Crippen LogP contribution in [-0.4, -0.2) is 30.2 Å². The van der Waals surface area contributed by atoms with Crippen LogP contribution >= 0.6 is 0 Å². The van der Waals surface area contributed by atoms with Crippen molar-refractivity contribution in [1.82, 2.24) is 19.2 Å². The van der Waals surface area contributed by atoms with E-state index in [4.69, 9.17) is 5.11 Å². The van der Waals surface area contributed by atoms with Crippen molar-refractivity contribution in [2.75, 3.05) is 0 Å². The number of carbonyl (C=O) groups is 1. The van der Waals surface area contributed by atoms with Gasteiger partial charge in [0, 0.05) is 7.05 Å². The Bertz CT molecular complexity index is 846. The molecule has 3 aromatic rings. The van der Waals surface area contributed by atoms with Gasteiger partial charge in [-0.2, -0.15) is 4.98 Å². The van der Waals surface area contributed by atoms with Crippen LogP contribution < -0.4 is 5.56 Å². The van der Waals surface area contributed by atoms with Crippen LogP contribution in [0.3, 0.4) is 0 Å². The molecule has 90 valence electrons. The maximum Gasteiger partial charge on any atom is 0.375 e. The number of para-hydroxylation sites is 2. The Balaban J connectivity index is 2.61. The maximum absolute atomic E-state index is 12.0. The van der Waals surface area contributed by atoms with Crippen molar-refractivity contribution < 1.29 is 9.90 Å². The summed E-state index contributed by atoms with van der Waals surface area (Å²) < 4.78 is 2.69. The zero-order valence-electron chi connectivity index (χ0n) is 9.36. The van der Waals surface area contributed by atoms with Crippen molar-refractivity contribution in [3.63, 3.8) is 0 Å². The minimum atomic E-state index is -1.26. The molecule has 0 bridgehead atoms. The van der Waals surface area contributed by atoms with Gasteiger partial charge in [-0.1, -0.05) is 12.1 Å². The molecule has 0 fully saturated rings. The van der Waals surface area contributed by atoms with E-state index in [0.717, 1.165) is 0 Å². The summed E-state index contributed by atoms with van der Waals surface area (Å²) in [6.45, 7) is 0. The highest BCUT2D eigenvalue weighted by Gasteiger charge is 2.16. The van der Waals surface area contributed by atoms with Crippen LogP contribution in [0, 0.1) is 0 Å². The van der Waals surface area contributed by atoms with Crippen LogP contribution in [0.1, 0.15) is 10.6 Å². The second-order valence-electron chi connectivity index (χ2n) is 3.83. The maximum atomic E-state index is 12.0. The van der Waals surface area contributed by atoms with Crippen LogP contribution in [0.4, 0.5) is 0 Å². The smallest absolute Gasteiger partial charge is 0.375 e. The van der Waals surface area contributed by atoms with E-state index in [0.29, 0.717) is 11.0 Å². The Morgan fingerprint density at radius 3 is 2.61 bits per heavy atom. The van der Waals surface area contributed by atoms with Gasteiger partial charge >= 0.3 is 5.97 Å². The first kappa shape index (κ1) is 10.5. The van der Waals surface area contributed by atoms with Gasteiger partial charge in [0.05, 0.1) is 11.0 Å². The number of fused-ring (bicyclic) bond motifs is 3. The third-order valence-electron chi connectivity index (χ3n) is 2.77. The number of hydrogen-bond acceptors (Lipinski definition) is 4. The fraction of sp³-hybridized carbons (Fsp3) is 0.0909. The molecule has 0 aliphatic heterocycles. The molecule has 0 saturated heterocycles. The van der Waals surface area contributed by atoms with Crippen molar-refractivity contribution in [2.24, 2.45) is 7.05 Å². The molecule has 0 atom stereocenters. The lowest BCUT2D eigenvalue weighted by Crippen LogP contribution is -2.20. The van der Waals surface area contributed by atoms with E-state index in [2.05, 4.69) is 10.1 Å². The van der Waals surface area contributed by atoms with Gasteiger partial charge in [0.1, 0.15) is 0 Å². The number of aromatic nitrogens is 4. The van der Waals surface area contributed by atoms with Gasteiger partial charge in [0.15, 0.2) is 0 Å². The normalized spacial score (nSPS) is 11.2. The summed E-state index contributed by atoms with van der Waals surface area (Å²) in [6.07, 6.45) is 0. The third kappa shape index (κ3) is 1.24. The molecule has 1 aromatic carbocycles. The molecule has 3 rings (SSSR count). The van der Waals surface area contributed by atoms with Gasteiger partial charge in [-0.25, -0.2) is 9.31 Å². The summed E-state index contributed by atoms with van der Waals surface area (Å²) in [5.41, 5.74) is 0.925. The summed E-state index contributed by atoms with van der Waals surface area (Å²) in [5.74, 6) is -1.65. The van der Waals surface area contributed by atoms with Gasteiger partial charge in [-0.05, 0) is 12.1 Å². The largest absolute Gasteiger partial charge is 0.475 e. The molecule has 18 heavy (non-hydrogen) atoms. The zero-order chi connectivity index (χ0) is 12.9. The molecule has 0 radical (unpaired) electrons. The highest BCUT2D eigenvalue weighted by atomic mass is 16.4. The number of benzene rings is 1. The lowest BCUT2D eigenvalue weighted by molar-refractivity contribution is 0.0684. The van der Waals surface area contributed by atoms with E-state index < -0.39 is 5.97 Å². The van der Waals surface area contributed by atoms with Crippen molar-refractivity contribution >= 4 is 22.6 Å². The quantitative estimate of drug-likeness (QED) is 0.664. The van der Waals surface area contributed by atoms with E-state index in [1.54, 1.807) is 31.3 Å². The molecule has 0 spiro atoms. The number of carboxylic acid groups (broad SMARTS) is 1. The summed E-state index contributed by atoms with van der Waals surface area (Å²) in [5, 5.41) is 12.7. The first-order chi connectivity index (χ1) is 8.59. The van der Waals surface area contributed by atoms with E-state index in [1.807, 2.05) is 0 Å². The Kier molecular flexibility index (Phi) is 1.97. The number of rotatable bonds is 1. The van der Waals surface area contributed by atoms with Crippen molar-refractivity contribution in [3.8, 4) is 0 Å². The fourth-order valence-electron chi connectivity index (χ4n) is 1.90. The number of nitrogens with zero attached hydrogens (tertiary/aromatic N) is 4. The minimum absolute atomic E-state index is 0.00796. The molecule has 7 nitrogen and oxygen atoms in total. The highest BCUT2D eigenvalue weighted by molar-refractivity contribution is 5.85. The molecule has 0 aliphatic carbocycles. The summed E-state index contributed by atoms with van der Waals surface area (Å²) >= 11 is 0. The molecule has 1 N–H and O–H groups in total. The van der Waals surface area contributed by atoms with Gasteiger partial charge in [-0.3, -0.25) is 4.79 Å². The predicted molar refractivity (Wildman–Crippen MR) is 62.7 cm³/mol. The van der Waals surface area contributed by atoms with E-state index in [1.165, 1.54) is 9.08 Å². The van der Waals surface area contributed by atoms with Crippen LogP contribution in [-0.2, 0) is 7.05 Å². The van der Waals surface area contributed by atoms with Gasteiger partial charge < -0.3 is 9.67 Å². The minimum Gasteiger partial charge on any atom is -0.475 e. The van der Waals surface area contributed by atoms with Gasteiger partial charge in [0.25, 0.3) is 11.4 Å². The number of hydrogen-bond donors (Lipinski definition) is 1. The second kappa shape index (κ2) is 3.39. The van der Waals surface area contributed by atoms with Crippen LogP contribution in [0.15, 0.2) is 29.1 Å². The molecule has 0 unspecified atom stereocenters. The number of aromatic carboxylic acids is 1. The monoisotopic (exact) mass is 244 g/mol. The third-order valence-corrected chi connectivity index (χ3v) is 2.77. The molecule has 2 aromatic heterocycles. The van der Waals surface area contributed by atoms with Crippen LogP contribution in [0.25, 0.3) is 16.7 Å². The van der Waals surface area contributed by atoms with Crippen LogP contribution in [0.2, 0.25) is 0 Å². The Hall–Kier alpha value is -2.70. The average molecular weight is 244 g/mol. The second-order valence-corrected chi connectivity index (χ2v) is 3.83. The number of aryl methyl sites for hydroxylation is 1. The Morgan fingerprint density at radius 1 is 1.28 bits per heavy atom. The first-order valence-electron chi connectivity index (χ1n) is 5.17. The summed E-state index contributed by atoms with van der Waals surface area (Å²) in [6, 6.07) is 7.09. The fourth-order valence-corrected chi connectivity index (χ4v) is 1.90. The molecular formula is C11H8N4O3. The lowest BCUT2D eigenvalue weighted by atomic mass is 10.3. The first-order valence-corrected chi connectivity index (χ1v) is 5.17. The summed E-state index contributed by atoms with van der Waals surface area (Å²) in [7, 11) is 1.61. The zero-order valence-corrected chi connectivity index (χ0v) is 9.36. The molecule has 7 heteroatoms. The molecule has 0 aliphatic rings. The lowest BCUT2D eigenvalue weighted by Gasteiger charge is -2.04. The van der Waals surface area contributed by atoms with Gasteiger partial charge in [-0.15, -0.1) is 5.10 Å². The molecule has 0 amide bonds. The SMILES string of the molecule is Cn1c(=O)c2nc(C(=O)O)nn2c2ccccc21. The van der Waals surface area contributed by atoms with E-state index in [9.17, 15) is 9.59 Å². The highest BCUT2D eigenvalue weighted by Crippen LogP contribution is 2.12. The predicted octanol–water partition coefficient (Wildman–Crippen LogP) is 0.279. The van der Waals surface area contributed by atoms with Crippen molar-refractivity contribution in [3.05, 3.63) is 40.4 Å². The number of carboxylic acids is 1. The van der Waals surface area contributed by atoms with Crippen LogP contribution in [0.5, 0.6) is 0 Å². The van der Waals surface area contributed by atoms with Crippen molar-refractivity contribution in [1.29, 1.82) is 0 Å². The van der Waals surface area contributed by atoms with E-state index >= 15 is 0 Å². The Labute approximate surface area is 99.9 Å². The molecule has 0 saturated carbocycles. The molecule has 2 heterocycles. The van der Waals surface area contributed by atoms with Crippen molar-refractivity contribution in [2.45, 2.75) is 0 Å². The van der Waals surface area contributed by atoms with Gasteiger partial charge in [0.2, 0.25) is 5.65 Å². The Morgan fingerprint density at radius 2 is 1.94 bits per heavy atom. The topological polar surface area (TPSA) is 89.5 Å². The summed E-state index contributed by atoms with van der Waals surface area (Å²) in [4.78, 5) is 26.6.